The normalized spacial score (nSPS) is 37.4. The Balaban J connectivity index is 1.17. The number of aliphatic hydroxyl groups is 1. The molecule has 6 rings (SSSR count). The van der Waals surface area contributed by atoms with Crippen molar-refractivity contribution in [1.29, 1.82) is 0 Å². The number of carbonyl (C=O) groups excluding carboxylic acids is 1. The van der Waals surface area contributed by atoms with E-state index in [1.165, 1.54) is 30.4 Å². The fourth-order valence-electron chi connectivity index (χ4n) is 7.37. The largest absolute Gasteiger partial charge is 0.390 e. The number of hydrogen-bond acceptors (Lipinski definition) is 2. The number of quaternary nitrogens is 1. The number of rotatable bonds is 4. The maximum atomic E-state index is 13.1. The SMILES string of the molecule is Cc1ccccc1C[NH+]1CCN(C(=O)CC23C[C@@H]4C[C@@H](CC(O)(C4)C2)C3)CC1. The quantitative estimate of drug-likeness (QED) is 0.835. The zero-order chi connectivity index (χ0) is 19.4. The van der Waals surface area contributed by atoms with Crippen molar-refractivity contribution in [3.8, 4) is 0 Å². The Morgan fingerprint density at radius 2 is 1.82 bits per heavy atom. The Labute approximate surface area is 168 Å². The number of amides is 1. The molecule has 4 aliphatic carbocycles. The number of aryl methyl sites for hydroxylation is 1. The second-order valence-electron chi connectivity index (χ2n) is 10.6. The van der Waals surface area contributed by atoms with Crippen LogP contribution in [0.1, 0.15) is 56.1 Å². The van der Waals surface area contributed by atoms with Crippen LogP contribution in [0.2, 0.25) is 0 Å². The molecule has 2 unspecified atom stereocenters. The van der Waals surface area contributed by atoms with Gasteiger partial charge in [0.2, 0.25) is 5.91 Å². The molecule has 1 heterocycles. The average molecular weight is 384 g/mol. The van der Waals surface area contributed by atoms with Crippen molar-refractivity contribution in [2.45, 2.75) is 64.0 Å². The fraction of sp³-hybridized carbons (Fsp3) is 0.708. The lowest BCUT2D eigenvalue weighted by molar-refractivity contribution is -0.917. The minimum atomic E-state index is -0.458. The van der Waals surface area contributed by atoms with E-state index in [9.17, 15) is 9.90 Å². The number of hydrogen-bond donors (Lipinski definition) is 2. The van der Waals surface area contributed by atoms with Crippen LogP contribution >= 0.6 is 0 Å². The van der Waals surface area contributed by atoms with Crippen molar-refractivity contribution >= 4 is 5.91 Å². The van der Waals surface area contributed by atoms with Gasteiger partial charge in [0.25, 0.3) is 0 Å². The van der Waals surface area contributed by atoms with Crippen LogP contribution in [-0.4, -0.2) is 47.7 Å². The van der Waals surface area contributed by atoms with Gasteiger partial charge in [0.1, 0.15) is 6.54 Å². The van der Waals surface area contributed by atoms with Gasteiger partial charge in [0.05, 0.1) is 31.8 Å². The molecule has 1 aromatic carbocycles. The van der Waals surface area contributed by atoms with E-state index in [0.717, 1.165) is 52.0 Å². The van der Waals surface area contributed by atoms with Gasteiger partial charge in [0.15, 0.2) is 0 Å². The van der Waals surface area contributed by atoms with E-state index in [-0.39, 0.29) is 5.41 Å². The minimum Gasteiger partial charge on any atom is -0.390 e. The van der Waals surface area contributed by atoms with Gasteiger partial charge >= 0.3 is 0 Å². The van der Waals surface area contributed by atoms with Crippen molar-refractivity contribution < 1.29 is 14.8 Å². The summed E-state index contributed by atoms with van der Waals surface area (Å²) in [5.74, 6) is 1.67. The van der Waals surface area contributed by atoms with Crippen LogP contribution in [-0.2, 0) is 11.3 Å². The molecule has 4 atom stereocenters. The Hall–Kier alpha value is -1.39. The molecule has 0 spiro atoms. The standard InChI is InChI=1S/C24H34N2O2/c1-18-4-2-3-5-21(18)16-25-6-8-26(9-7-25)22(27)15-23-11-19-10-20(12-23)14-24(28,13-19)17-23/h2-5,19-20,28H,6-17H2,1H3/p+1/t19-,20+,23?,24?. The van der Waals surface area contributed by atoms with E-state index < -0.39 is 5.60 Å². The summed E-state index contributed by atoms with van der Waals surface area (Å²) in [5.41, 5.74) is 2.44. The highest BCUT2D eigenvalue weighted by atomic mass is 16.3. The van der Waals surface area contributed by atoms with Gasteiger partial charge in [-0.15, -0.1) is 0 Å². The Morgan fingerprint density at radius 3 is 2.46 bits per heavy atom. The lowest BCUT2D eigenvalue weighted by atomic mass is 9.47. The van der Waals surface area contributed by atoms with Gasteiger partial charge < -0.3 is 14.9 Å². The van der Waals surface area contributed by atoms with E-state index in [1.54, 1.807) is 4.90 Å². The second kappa shape index (κ2) is 6.84. The number of benzene rings is 1. The maximum absolute atomic E-state index is 13.1. The molecule has 0 radical (unpaired) electrons. The number of nitrogens with one attached hydrogen (secondary N) is 1. The van der Waals surface area contributed by atoms with Crippen LogP contribution in [0.25, 0.3) is 0 Å². The first-order valence-electron chi connectivity index (χ1n) is 11.3. The molecule has 152 valence electrons. The molecule has 5 fully saturated rings. The zero-order valence-corrected chi connectivity index (χ0v) is 17.3. The van der Waals surface area contributed by atoms with E-state index in [4.69, 9.17) is 0 Å². The number of nitrogens with zero attached hydrogens (tertiary/aromatic N) is 1. The molecule has 4 nitrogen and oxygen atoms in total. The van der Waals surface area contributed by atoms with Crippen molar-refractivity contribution in [3.63, 3.8) is 0 Å². The van der Waals surface area contributed by atoms with Gasteiger partial charge in [-0.3, -0.25) is 4.79 Å². The highest BCUT2D eigenvalue weighted by Gasteiger charge is 2.57. The first-order chi connectivity index (χ1) is 13.4. The summed E-state index contributed by atoms with van der Waals surface area (Å²) >= 11 is 0. The molecular formula is C24H35N2O2+. The van der Waals surface area contributed by atoms with Gasteiger partial charge in [0, 0.05) is 12.0 Å². The maximum Gasteiger partial charge on any atom is 0.223 e. The summed E-state index contributed by atoms with van der Waals surface area (Å²) < 4.78 is 0. The number of piperazine rings is 1. The molecule has 5 aliphatic rings. The molecule has 1 saturated heterocycles. The first kappa shape index (κ1) is 18.6. The predicted octanol–water partition coefficient (Wildman–Crippen LogP) is 1.94. The molecule has 28 heavy (non-hydrogen) atoms. The molecule has 4 saturated carbocycles. The Kier molecular flexibility index (Phi) is 4.55. The lowest BCUT2D eigenvalue weighted by Gasteiger charge is -2.60. The van der Waals surface area contributed by atoms with Crippen LogP contribution in [0, 0.1) is 24.2 Å². The molecule has 2 N–H and O–H groups in total. The van der Waals surface area contributed by atoms with Gasteiger partial charge in [-0.25, -0.2) is 0 Å². The van der Waals surface area contributed by atoms with E-state index in [1.807, 2.05) is 0 Å². The van der Waals surface area contributed by atoms with Crippen LogP contribution in [0.15, 0.2) is 24.3 Å². The van der Waals surface area contributed by atoms with Crippen molar-refractivity contribution in [2.75, 3.05) is 26.2 Å². The van der Waals surface area contributed by atoms with Gasteiger partial charge in [-0.05, 0) is 68.3 Å². The summed E-state index contributed by atoms with van der Waals surface area (Å²) in [6.45, 7) is 7.11. The summed E-state index contributed by atoms with van der Waals surface area (Å²) in [4.78, 5) is 16.8. The molecule has 1 aromatic rings. The third-order valence-corrected chi connectivity index (χ3v) is 8.20. The van der Waals surface area contributed by atoms with E-state index in [2.05, 4.69) is 36.1 Å². The predicted molar refractivity (Wildman–Crippen MR) is 109 cm³/mol. The molecule has 1 amide bonds. The summed E-state index contributed by atoms with van der Waals surface area (Å²) in [5, 5.41) is 11.0. The summed E-state index contributed by atoms with van der Waals surface area (Å²) in [6, 6.07) is 8.65. The van der Waals surface area contributed by atoms with Crippen LogP contribution in [0.3, 0.4) is 0 Å². The van der Waals surface area contributed by atoms with Crippen LogP contribution in [0.4, 0.5) is 0 Å². The second-order valence-corrected chi connectivity index (χ2v) is 10.6. The highest BCUT2D eigenvalue weighted by Crippen LogP contribution is 2.62. The third kappa shape index (κ3) is 3.50. The smallest absolute Gasteiger partial charge is 0.223 e. The first-order valence-corrected chi connectivity index (χ1v) is 11.3. The fourth-order valence-corrected chi connectivity index (χ4v) is 7.37. The molecular weight excluding hydrogens is 348 g/mol. The van der Waals surface area contributed by atoms with Crippen molar-refractivity contribution in [3.05, 3.63) is 35.4 Å². The minimum absolute atomic E-state index is 0.0983. The van der Waals surface area contributed by atoms with Gasteiger partial charge in [-0.2, -0.15) is 0 Å². The molecule has 4 heteroatoms. The highest BCUT2D eigenvalue weighted by molar-refractivity contribution is 5.77. The molecule has 0 aromatic heterocycles. The van der Waals surface area contributed by atoms with Crippen LogP contribution in [0.5, 0.6) is 0 Å². The van der Waals surface area contributed by atoms with Gasteiger partial charge in [-0.1, -0.05) is 24.3 Å². The Bertz CT molecular complexity index is 739. The van der Waals surface area contributed by atoms with Crippen molar-refractivity contribution in [1.82, 2.24) is 4.90 Å². The third-order valence-electron chi connectivity index (χ3n) is 8.20. The van der Waals surface area contributed by atoms with Crippen LogP contribution < -0.4 is 4.90 Å². The average Bonchev–Trinajstić information content (AvgIpc) is 2.62. The molecule has 1 aliphatic heterocycles. The topological polar surface area (TPSA) is 45.0 Å². The number of carbonyl (C=O) groups is 1. The summed E-state index contributed by atoms with van der Waals surface area (Å²) in [7, 11) is 0. The zero-order valence-electron chi connectivity index (χ0n) is 17.3. The Morgan fingerprint density at radius 1 is 1.14 bits per heavy atom. The van der Waals surface area contributed by atoms with E-state index >= 15 is 0 Å². The van der Waals surface area contributed by atoms with Crippen molar-refractivity contribution in [2.24, 2.45) is 17.3 Å². The lowest BCUT2D eigenvalue weighted by Crippen LogP contribution is -3.13. The molecule has 4 bridgehead atoms. The summed E-state index contributed by atoms with van der Waals surface area (Å²) in [6.07, 6.45) is 7.17. The monoisotopic (exact) mass is 383 g/mol. The van der Waals surface area contributed by atoms with E-state index in [0.29, 0.717) is 24.2 Å².